The van der Waals surface area contributed by atoms with Crippen LogP contribution in [0.1, 0.15) is 59.8 Å². The van der Waals surface area contributed by atoms with Crippen LogP contribution in [0.2, 0.25) is 0 Å². The first-order valence-electron chi connectivity index (χ1n) is 6.37. The Morgan fingerprint density at radius 1 is 1.31 bits per heavy atom. The predicted molar refractivity (Wildman–Crippen MR) is 68.3 cm³/mol. The molecule has 0 amide bonds. The van der Waals surface area contributed by atoms with Crippen molar-refractivity contribution in [2.24, 2.45) is 5.92 Å². The lowest BCUT2D eigenvalue weighted by molar-refractivity contribution is -0.141. The fourth-order valence-electron chi connectivity index (χ4n) is 1.69. The predicted octanol–water partition coefficient (Wildman–Crippen LogP) is 4.10. The highest BCUT2D eigenvalue weighted by molar-refractivity contribution is 5.65. The first-order valence-corrected chi connectivity index (χ1v) is 6.37. The number of carbonyl (C=O) groups is 1. The van der Waals surface area contributed by atoms with Gasteiger partial charge in [0.15, 0.2) is 0 Å². The maximum Gasteiger partial charge on any atom is 0.302 e. The molecule has 0 fully saturated rings. The summed E-state index contributed by atoms with van der Waals surface area (Å²) in [6.45, 7) is 8.58. The lowest BCUT2D eigenvalue weighted by Crippen LogP contribution is -2.04. The molecular weight excluding hydrogens is 200 g/mol. The van der Waals surface area contributed by atoms with Crippen LogP contribution in [0.4, 0.5) is 0 Å². The average Bonchev–Trinajstić information content (AvgIpc) is 2.17. The summed E-state index contributed by atoms with van der Waals surface area (Å²) in [7, 11) is 0. The fourth-order valence-corrected chi connectivity index (χ4v) is 1.69. The Kier molecular flexibility index (Phi) is 8.97. The first kappa shape index (κ1) is 15.2. The van der Waals surface area contributed by atoms with Crippen molar-refractivity contribution in [1.29, 1.82) is 0 Å². The second-order valence-electron chi connectivity index (χ2n) is 4.58. The molecule has 16 heavy (non-hydrogen) atoms. The van der Waals surface area contributed by atoms with E-state index in [-0.39, 0.29) is 5.97 Å². The Morgan fingerprint density at radius 2 is 2.00 bits per heavy atom. The van der Waals surface area contributed by atoms with Crippen LogP contribution in [0.25, 0.3) is 0 Å². The van der Waals surface area contributed by atoms with Crippen LogP contribution in [-0.2, 0) is 9.53 Å². The van der Waals surface area contributed by atoms with Crippen LogP contribution in [0.5, 0.6) is 0 Å². The van der Waals surface area contributed by atoms with Gasteiger partial charge in [0, 0.05) is 6.92 Å². The monoisotopic (exact) mass is 226 g/mol. The second-order valence-corrected chi connectivity index (χ2v) is 4.58. The minimum Gasteiger partial charge on any atom is -0.466 e. The SMILES string of the molecule is CCCCCC(C)=CC(C)CCOC(C)=O. The van der Waals surface area contributed by atoms with E-state index < -0.39 is 0 Å². The van der Waals surface area contributed by atoms with E-state index in [0.717, 1.165) is 6.42 Å². The smallest absolute Gasteiger partial charge is 0.302 e. The van der Waals surface area contributed by atoms with Gasteiger partial charge >= 0.3 is 5.97 Å². The third-order valence-electron chi connectivity index (χ3n) is 2.62. The van der Waals surface area contributed by atoms with Crippen molar-refractivity contribution in [1.82, 2.24) is 0 Å². The lowest BCUT2D eigenvalue weighted by atomic mass is 10.0. The second kappa shape index (κ2) is 9.44. The highest BCUT2D eigenvalue weighted by Gasteiger charge is 2.01. The molecule has 2 nitrogen and oxygen atoms in total. The van der Waals surface area contributed by atoms with Crippen LogP contribution in [0, 0.1) is 5.92 Å². The Labute approximate surface area is 100 Å². The first-order chi connectivity index (χ1) is 7.56. The minimum atomic E-state index is -0.184. The Bertz CT molecular complexity index is 219. The largest absolute Gasteiger partial charge is 0.466 e. The Balaban J connectivity index is 3.68. The van der Waals surface area contributed by atoms with E-state index in [2.05, 4.69) is 26.8 Å². The summed E-state index contributed by atoms with van der Waals surface area (Å²) in [5.41, 5.74) is 1.46. The molecule has 0 spiro atoms. The maximum absolute atomic E-state index is 10.6. The number of rotatable bonds is 8. The number of hydrogen-bond donors (Lipinski definition) is 0. The van der Waals surface area contributed by atoms with Crippen molar-refractivity contribution >= 4 is 5.97 Å². The van der Waals surface area contributed by atoms with E-state index in [1.165, 1.54) is 38.2 Å². The molecule has 0 aromatic heterocycles. The molecule has 0 aromatic carbocycles. The lowest BCUT2D eigenvalue weighted by Gasteiger charge is -2.08. The van der Waals surface area contributed by atoms with Gasteiger partial charge in [0.05, 0.1) is 6.61 Å². The van der Waals surface area contributed by atoms with Crippen LogP contribution >= 0.6 is 0 Å². The van der Waals surface area contributed by atoms with Crippen LogP contribution in [0.3, 0.4) is 0 Å². The highest BCUT2D eigenvalue weighted by atomic mass is 16.5. The van der Waals surface area contributed by atoms with Gasteiger partial charge in [-0.2, -0.15) is 0 Å². The number of esters is 1. The number of hydrogen-bond acceptors (Lipinski definition) is 2. The summed E-state index contributed by atoms with van der Waals surface area (Å²) in [5, 5.41) is 0. The van der Waals surface area contributed by atoms with Gasteiger partial charge in [-0.3, -0.25) is 4.79 Å². The van der Waals surface area contributed by atoms with E-state index in [1.807, 2.05) is 0 Å². The van der Waals surface area contributed by atoms with Crippen molar-refractivity contribution in [3.05, 3.63) is 11.6 Å². The van der Waals surface area contributed by atoms with Crippen molar-refractivity contribution in [2.75, 3.05) is 6.61 Å². The summed E-state index contributed by atoms with van der Waals surface area (Å²) in [5.74, 6) is 0.317. The zero-order valence-electron chi connectivity index (χ0n) is 11.2. The van der Waals surface area contributed by atoms with Crippen molar-refractivity contribution in [3.63, 3.8) is 0 Å². The van der Waals surface area contributed by atoms with Gasteiger partial charge in [0.2, 0.25) is 0 Å². The maximum atomic E-state index is 10.6. The van der Waals surface area contributed by atoms with Gasteiger partial charge in [-0.05, 0) is 32.1 Å². The third kappa shape index (κ3) is 9.75. The van der Waals surface area contributed by atoms with Gasteiger partial charge in [-0.25, -0.2) is 0 Å². The summed E-state index contributed by atoms with van der Waals surface area (Å²) in [6, 6.07) is 0. The number of allylic oxidation sites excluding steroid dienone is 2. The van der Waals surface area contributed by atoms with E-state index in [4.69, 9.17) is 4.74 Å². The average molecular weight is 226 g/mol. The third-order valence-corrected chi connectivity index (χ3v) is 2.62. The molecule has 0 aliphatic carbocycles. The van der Waals surface area contributed by atoms with Gasteiger partial charge in [0.25, 0.3) is 0 Å². The molecule has 0 radical (unpaired) electrons. The molecule has 0 bridgehead atoms. The summed E-state index contributed by atoms with van der Waals surface area (Å²) >= 11 is 0. The van der Waals surface area contributed by atoms with Gasteiger partial charge in [0.1, 0.15) is 0 Å². The molecule has 1 atom stereocenters. The van der Waals surface area contributed by atoms with Gasteiger partial charge < -0.3 is 4.74 Å². The van der Waals surface area contributed by atoms with Gasteiger partial charge in [-0.1, -0.05) is 38.3 Å². The number of ether oxygens (including phenoxy) is 1. The van der Waals surface area contributed by atoms with E-state index in [9.17, 15) is 4.79 Å². The normalized spacial score (nSPS) is 13.6. The van der Waals surface area contributed by atoms with E-state index >= 15 is 0 Å². The van der Waals surface area contributed by atoms with Crippen LogP contribution in [0.15, 0.2) is 11.6 Å². The van der Waals surface area contributed by atoms with Crippen LogP contribution in [-0.4, -0.2) is 12.6 Å². The number of carbonyl (C=O) groups excluding carboxylic acids is 1. The molecule has 0 saturated carbocycles. The molecule has 2 heteroatoms. The van der Waals surface area contributed by atoms with E-state index in [0.29, 0.717) is 12.5 Å². The van der Waals surface area contributed by atoms with Crippen molar-refractivity contribution in [2.45, 2.75) is 59.8 Å². The minimum absolute atomic E-state index is 0.184. The summed E-state index contributed by atoms with van der Waals surface area (Å²) < 4.78 is 4.92. The Morgan fingerprint density at radius 3 is 2.56 bits per heavy atom. The number of unbranched alkanes of at least 4 members (excludes halogenated alkanes) is 2. The zero-order valence-corrected chi connectivity index (χ0v) is 11.2. The van der Waals surface area contributed by atoms with Crippen LogP contribution < -0.4 is 0 Å². The summed E-state index contributed by atoms with van der Waals surface area (Å²) in [6.07, 6.45) is 8.30. The van der Waals surface area contributed by atoms with E-state index in [1.54, 1.807) is 0 Å². The Hall–Kier alpha value is -0.790. The molecule has 0 aromatic rings. The molecule has 0 N–H and O–H groups in total. The molecule has 0 saturated heterocycles. The highest BCUT2D eigenvalue weighted by Crippen LogP contribution is 2.13. The molecule has 0 rings (SSSR count). The topological polar surface area (TPSA) is 26.3 Å². The molecule has 94 valence electrons. The molecular formula is C14H26O2. The van der Waals surface area contributed by atoms with Crippen molar-refractivity contribution < 1.29 is 9.53 Å². The molecule has 0 aliphatic heterocycles. The fraction of sp³-hybridized carbons (Fsp3) is 0.786. The molecule has 1 unspecified atom stereocenters. The van der Waals surface area contributed by atoms with Crippen molar-refractivity contribution in [3.8, 4) is 0 Å². The summed E-state index contributed by atoms with van der Waals surface area (Å²) in [4.78, 5) is 10.6. The molecule has 0 aliphatic rings. The standard InChI is InChI=1S/C14H26O2/c1-5-6-7-8-12(2)11-13(3)9-10-16-14(4)15/h11,13H,5-10H2,1-4H3. The quantitative estimate of drug-likeness (QED) is 0.354. The zero-order chi connectivity index (χ0) is 12.4. The molecule has 0 heterocycles. The van der Waals surface area contributed by atoms with Gasteiger partial charge in [-0.15, -0.1) is 0 Å².